The molecule has 21 heavy (non-hydrogen) atoms. The van der Waals surface area contributed by atoms with Crippen molar-refractivity contribution in [3.05, 3.63) is 34.2 Å². The van der Waals surface area contributed by atoms with Crippen molar-refractivity contribution in [2.75, 3.05) is 13.6 Å². The van der Waals surface area contributed by atoms with Crippen LogP contribution < -0.4 is 5.69 Å². The number of hydrogen-bond donors (Lipinski definition) is 3. The van der Waals surface area contributed by atoms with Crippen molar-refractivity contribution in [2.24, 2.45) is 0 Å². The Kier molecular flexibility index (Phi) is 4.42. The van der Waals surface area contributed by atoms with Gasteiger partial charge < -0.3 is 20.0 Å². The van der Waals surface area contributed by atoms with Gasteiger partial charge in [0.05, 0.1) is 11.0 Å². The maximum Gasteiger partial charge on any atom is 0.323 e. The molecular weight excluding hydrogens is 274 g/mol. The number of carboxylic acids is 1. The molecule has 1 heterocycles. The Hall–Kier alpha value is -2.57. The van der Waals surface area contributed by atoms with E-state index in [0.29, 0.717) is 19.3 Å². The molecule has 0 saturated carbocycles. The number of aryl methyl sites for hydroxylation is 1. The fraction of sp³-hybridized carbons (Fsp3) is 0.357. The van der Waals surface area contributed by atoms with Crippen LogP contribution in [0.25, 0.3) is 11.0 Å². The molecule has 0 unspecified atom stereocenters. The fourth-order valence-corrected chi connectivity index (χ4v) is 2.16. The molecule has 112 valence electrons. The molecule has 0 bridgehead atoms. The summed E-state index contributed by atoms with van der Waals surface area (Å²) in [5, 5.41) is 8.61. The van der Waals surface area contributed by atoms with E-state index < -0.39 is 5.97 Å². The first-order chi connectivity index (χ1) is 9.95. The highest BCUT2D eigenvalue weighted by Crippen LogP contribution is 2.12. The minimum absolute atomic E-state index is 0.187. The van der Waals surface area contributed by atoms with Crippen LogP contribution in [0.4, 0.5) is 0 Å². The van der Waals surface area contributed by atoms with Crippen LogP contribution in [0.2, 0.25) is 0 Å². The zero-order valence-corrected chi connectivity index (χ0v) is 11.7. The maximum absolute atomic E-state index is 11.7. The summed E-state index contributed by atoms with van der Waals surface area (Å²) >= 11 is 0. The molecule has 0 saturated heterocycles. The fourth-order valence-electron chi connectivity index (χ4n) is 2.16. The molecule has 0 aliphatic rings. The van der Waals surface area contributed by atoms with E-state index >= 15 is 0 Å². The SMILES string of the molecule is CN(CC(=O)O)C(=O)CCCc1ccc2[nH]c(=O)[nH]c2c1. The van der Waals surface area contributed by atoms with Crippen LogP contribution in [-0.2, 0) is 16.0 Å². The number of carboxylic acid groups (broad SMARTS) is 1. The Labute approximate surface area is 120 Å². The van der Waals surface area contributed by atoms with Crippen LogP contribution in [0, 0.1) is 0 Å². The first kappa shape index (κ1) is 14.8. The highest BCUT2D eigenvalue weighted by molar-refractivity contribution is 5.81. The van der Waals surface area contributed by atoms with E-state index in [4.69, 9.17) is 5.11 Å². The first-order valence-electron chi connectivity index (χ1n) is 6.62. The molecule has 2 rings (SSSR count). The van der Waals surface area contributed by atoms with Gasteiger partial charge in [-0.05, 0) is 30.5 Å². The lowest BCUT2D eigenvalue weighted by atomic mass is 10.1. The van der Waals surface area contributed by atoms with Gasteiger partial charge in [-0.3, -0.25) is 9.59 Å². The van der Waals surface area contributed by atoms with Gasteiger partial charge in [-0.1, -0.05) is 6.07 Å². The monoisotopic (exact) mass is 291 g/mol. The standard InChI is InChI=1S/C14H17N3O4/c1-17(8-13(19)20)12(18)4-2-3-9-5-6-10-11(7-9)16-14(21)15-10/h5-7H,2-4,8H2,1H3,(H,19,20)(H2,15,16,21). The second-order valence-electron chi connectivity index (χ2n) is 4.96. The number of benzene rings is 1. The lowest BCUT2D eigenvalue weighted by Gasteiger charge is -2.14. The number of aromatic nitrogens is 2. The number of aromatic amines is 2. The molecule has 1 aromatic carbocycles. The lowest BCUT2D eigenvalue weighted by molar-refractivity contribution is -0.143. The number of likely N-dealkylation sites (N-methyl/N-ethyl adjacent to an activating group) is 1. The minimum atomic E-state index is -1.02. The molecule has 7 nitrogen and oxygen atoms in total. The quantitative estimate of drug-likeness (QED) is 0.729. The van der Waals surface area contributed by atoms with Crippen molar-refractivity contribution >= 4 is 22.9 Å². The van der Waals surface area contributed by atoms with Crippen LogP contribution in [0.3, 0.4) is 0 Å². The zero-order chi connectivity index (χ0) is 15.4. The summed E-state index contributed by atoms with van der Waals surface area (Å²) in [6.07, 6.45) is 1.62. The molecular formula is C14H17N3O4. The van der Waals surface area contributed by atoms with Gasteiger partial charge in [0.1, 0.15) is 6.54 Å². The van der Waals surface area contributed by atoms with Crippen molar-refractivity contribution in [1.29, 1.82) is 0 Å². The number of fused-ring (bicyclic) bond motifs is 1. The second kappa shape index (κ2) is 6.25. The van der Waals surface area contributed by atoms with E-state index in [1.807, 2.05) is 18.2 Å². The number of aliphatic carboxylic acids is 1. The summed E-state index contributed by atoms with van der Waals surface area (Å²) in [7, 11) is 1.48. The van der Waals surface area contributed by atoms with E-state index in [9.17, 15) is 14.4 Å². The molecule has 0 aliphatic heterocycles. The highest BCUT2D eigenvalue weighted by atomic mass is 16.4. The van der Waals surface area contributed by atoms with E-state index in [1.54, 1.807) is 0 Å². The number of amides is 1. The largest absolute Gasteiger partial charge is 0.480 e. The van der Waals surface area contributed by atoms with Crippen molar-refractivity contribution in [3.8, 4) is 0 Å². The Morgan fingerprint density at radius 2 is 1.95 bits per heavy atom. The van der Waals surface area contributed by atoms with Gasteiger partial charge in [0.15, 0.2) is 0 Å². The molecule has 0 fully saturated rings. The number of H-pyrrole nitrogens is 2. The minimum Gasteiger partial charge on any atom is -0.480 e. The van der Waals surface area contributed by atoms with Gasteiger partial charge in [-0.15, -0.1) is 0 Å². The maximum atomic E-state index is 11.7. The van der Waals surface area contributed by atoms with Gasteiger partial charge in [-0.2, -0.15) is 0 Å². The number of rotatable bonds is 6. The summed E-state index contributed by atoms with van der Waals surface area (Å²) in [4.78, 5) is 39.9. The summed E-state index contributed by atoms with van der Waals surface area (Å²) < 4.78 is 0. The molecule has 3 N–H and O–H groups in total. The second-order valence-corrected chi connectivity index (χ2v) is 4.96. The molecule has 7 heteroatoms. The van der Waals surface area contributed by atoms with Gasteiger partial charge in [-0.25, -0.2) is 4.79 Å². The summed E-state index contributed by atoms with van der Waals surface area (Å²) in [5.41, 5.74) is 2.27. The highest BCUT2D eigenvalue weighted by Gasteiger charge is 2.11. The predicted octanol–water partition coefficient (Wildman–Crippen LogP) is 0.722. The third-order valence-electron chi connectivity index (χ3n) is 3.23. The van der Waals surface area contributed by atoms with Gasteiger partial charge in [0.25, 0.3) is 0 Å². The van der Waals surface area contributed by atoms with E-state index in [1.165, 1.54) is 11.9 Å². The normalized spacial score (nSPS) is 10.7. The summed E-state index contributed by atoms with van der Waals surface area (Å²) in [5.74, 6) is -1.21. The molecule has 0 aliphatic carbocycles. The van der Waals surface area contributed by atoms with E-state index in [2.05, 4.69) is 9.97 Å². The molecule has 2 aromatic rings. The van der Waals surface area contributed by atoms with Crippen molar-refractivity contribution < 1.29 is 14.7 Å². The van der Waals surface area contributed by atoms with Crippen LogP contribution in [0.5, 0.6) is 0 Å². The molecule has 0 radical (unpaired) electrons. The Balaban J connectivity index is 1.88. The average molecular weight is 291 g/mol. The van der Waals surface area contributed by atoms with Crippen LogP contribution >= 0.6 is 0 Å². The first-order valence-corrected chi connectivity index (χ1v) is 6.62. The van der Waals surface area contributed by atoms with Crippen molar-refractivity contribution in [1.82, 2.24) is 14.9 Å². The van der Waals surface area contributed by atoms with Crippen LogP contribution in [-0.4, -0.2) is 45.4 Å². The third kappa shape index (κ3) is 3.95. The topological polar surface area (TPSA) is 106 Å². The molecule has 1 aromatic heterocycles. The van der Waals surface area contributed by atoms with Gasteiger partial charge >= 0.3 is 11.7 Å². The number of nitrogens with one attached hydrogen (secondary N) is 2. The Morgan fingerprint density at radius 1 is 1.24 bits per heavy atom. The van der Waals surface area contributed by atoms with Crippen molar-refractivity contribution in [2.45, 2.75) is 19.3 Å². The number of carbonyl (C=O) groups is 2. The number of nitrogens with zero attached hydrogens (tertiary/aromatic N) is 1. The summed E-state index contributed by atoms with van der Waals surface area (Å²) in [6, 6.07) is 5.59. The predicted molar refractivity (Wildman–Crippen MR) is 77.1 cm³/mol. The molecule has 0 atom stereocenters. The lowest BCUT2D eigenvalue weighted by Crippen LogP contribution is -2.31. The van der Waals surface area contributed by atoms with Crippen LogP contribution in [0.1, 0.15) is 18.4 Å². The third-order valence-corrected chi connectivity index (χ3v) is 3.23. The van der Waals surface area contributed by atoms with Crippen LogP contribution in [0.15, 0.2) is 23.0 Å². The Morgan fingerprint density at radius 3 is 2.67 bits per heavy atom. The van der Waals surface area contributed by atoms with Gasteiger partial charge in [0, 0.05) is 13.5 Å². The van der Waals surface area contributed by atoms with E-state index in [-0.39, 0.29) is 18.1 Å². The molecule has 0 spiro atoms. The smallest absolute Gasteiger partial charge is 0.323 e. The summed E-state index contributed by atoms with van der Waals surface area (Å²) in [6.45, 7) is -0.282. The number of hydrogen-bond acceptors (Lipinski definition) is 3. The van der Waals surface area contributed by atoms with Gasteiger partial charge in [0.2, 0.25) is 5.91 Å². The average Bonchev–Trinajstić information content (AvgIpc) is 2.77. The molecule has 1 amide bonds. The zero-order valence-electron chi connectivity index (χ0n) is 11.7. The number of imidazole rings is 1. The van der Waals surface area contributed by atoms with E-state index in [0.717, 1.165) is 16.6 Å². The Bertz CT molecular complexity index is 716. The number of carbonyl (C=O) groups excluding carboxylic acids is 1. The van der Waals surface area contributed by atoms with Crippen molar-refractivity contribution in [3.63, 3.8) is 0 Å².